The molecule has 2 aromatic heterocycles. The molecule has 0 aliphatic heterocycles. The highest BCUT2D eigenvalue weighted by Gasteiger charge is 2.32. The highest BCUT2D eigenvalue weighted by atomic mass is 32.1. The van der Waals surface area contributed by atoms with Crippen molar-refractivity contribution in [2.24, 2.45) is 5.92 Å². The van der Waals surface area contributed by atoms with Gasteiger partial charge in [-0.2, -0.15) is 13.2 Å². The highest BCUT2D eigenvalue weighted by Crippen LogP contribution is 2.39. The first-order valence-corrected chi connectivity index (χ1v) is 10.8. The zero-order valence-corrected chi connectivity index (χ0v) is 17.6. The number of hydrogen-bond donors (Lipinski definition) is 1. The fourth-order valence-electron chi connectivity index (χ4n) is 3.82. The number of aromatic nitrogens is 3. The number of alkyl halides is 3. The maximum absolute atomic E-state index is 12.9. The van der Waals surface area contributed by atoms with E-state index in [0.717, 1.165) is 65.2 Å². The molecule has 0 spiro atoms. The Morgan fingerprint density at radius 1 is 1.13 bits per heavy atom. The summed E-state index contributed by atoms with van der Waals surface area (Å²) in [6, 6.07) is 6.54. The molecule has 0 saturated heterocycles. The lowest BCUT2D eigenvalue weighted by Gasteiger charge is -2.23. The molecule has 3 aromatic rings. The summed E-state index contributed by atoms with van der Waals surface area (Å²) in [6.07, 6.45) is 3.18. The predicted octanol–water partition coefficient (Wildman–Crippen LogP) is 6.14. The molecule has 5 nitrogen and oxygen atoms in total. The van der Waals surface area contributed by atoms with Gasteiger partial charge in [0.2, 0.25) is 5.95 Å². The number of rotatable bonds is 5. The van der Waals surface area contributed by atoms with E-state index in [2.05, 4.69) is 20.3 Å². The quantitative estimate of drug-likeness (QED) is 0.477. The Kier molecular flexibility index (Phi) is 6.04. The standard InChI is InChI=1S/C22H21F3N4OS/c1-13-8-16(18-11-27-20(31-18)15-4-2-14(12-30)3-5-15)10-17(9-13)28-21-26-7-6-19(29-21)22(23,24)25/h6-12,14-15H,2-5H2,1H3,(H,26,28,29). The van der Waals surface area contributed by atoms with Gasteiger partial charge in [0.25, 0.3) is 0 Å². The lowest BCUT2D eigenvalue weighted by molar-refractivity contribution is -0.141. The number of anilines is 2. The maximum atomic E-state index is 12.9. The minimum atomic E-state index is -4.53. The number of thiazole rings is 1. The molecule has 1 aromatic carbocycles. The molecule has 1 aliphatic rings. The first-order valence-electron chi connectivity index (χ1n) is 10.0. The molecule has 162 valence electrons. The largest absolute Gasteiger partial charge is 0.433 e. The van der Waals surface area contributed by atoms with Crippen LogP contribution < -0.4 is 5.32 Å². The van der Waals surface area contributed by atoms with E-state index >= 15 is 0 Å². The van der Waals surface area contributed by atoms with Gasteiger partial charge >= 0.3 is 6.18 Å². The van der Waals surface area contributed by atoms with Gasteiger partial charge in [0, 0.05) is 29.9 Å². The molecule has 1 aliphatic carbocycles. The molecule has 0 amide bonds. The topological polar surface area (TPSA) is 67.8 Å². The smallest absolute Gasteiger partial charge is 0.324 e. The van der Waals surface area contributed by atoms with Crippen LogP contribution in [0, 0.1) is 12.8 Å². The zero-order valence-electron chi connectivity index (χ0n) is 16.8. The Hall–Kier alpha value is -2.81. The summed E-state index contributed by atoms with van der Waals surface area (Å²) in [5.74, 6) is 0.429. The van der Waals surface area contributed by atoms with Gasteiger partial charge in [0.15, 0.2) is 0 Å². The second-order valence-electron chi connectivity index (χ2n) is 7.79. The summed E-state index contributed by atoms with van der Waals surface area (Å²) in [5, 5.41) is 3.94. The number of benzene rings is 1. The third-order valence-corrected chi connectivity index (χ3v) is 6.61. The summed E-state index contributed by atoms with van der Waals surface area (Å²) in [7, 11) is 0. The summed E-state index contributed by atoms with van der Waals surface area (Å²) >= 11 is 1.62. The predicted molar refractivity (Wildman–Crippen MR) is 113 cm³/mol. The molecule has 31 heavy (non-hydrogen) atoms. The van der Waals surface area contributed by atoms with Gasteiger partial charge < -0.3 is 10.1 Å². The van der Waals surface area contributed by atoms with E-state index in [-0.39, 0.29) is 11.9 Å². The molecule has 1 N–H and O–H groups in total. The van der Waals surface area contributed by atoms with Crippen molar-refractivity contribution in [3.8, 4) is 10.4 Å². The van der Waals surface area contributed by atoms with Gasteiger partial charge in [-0.05, 0) is 61.9 Å². The molecular formula is C22H21F3N4OS. The second kappa shape index (κ2) is 8.74. The Morgan fingerprint density at radius 3 is 2.61 bits per heavy atom. The second-order valence-corrected chi connectivity index (χ2v) is 8.85. The van der Waals surface area contributed by atoms with Gasteiger partial charge in [0.1, 0.15) is 12.0 Å². The monoisotopic (exact) mass is 446 g/mol. The van der Waals surface area contributed by atoms with E-state index < -0.39 is 11.9 Å². The number of carbonyl (C=O) groups excluding carboxylic acids is 1. The van der Waals surface area contributed by atoms with Crippen molar-refractivity contribution in [2.75, 3.05) is 5.32 Å². The average Bonchev–Trinajstić information content (AvgIpc) is 3.23. The highest BCUT2D eigenvalue weighted by molar-refractivity contribution is 7.15. The fraction of sp³-hybridized carbons (Fsp3) is 0.364. The molecule has 9 heteroatoms. The van der Waals surface area contributed by atoms with Crippen molar-refractivity contribution in [2.45, 2.75) is 44.7 Å². The van der Waals surface area contributed by atoms with Crippen molar-refractivity contribution < 1.29 is 18.0 Å². The minimum absolute atomic E-state index is 0.108. The van der Waals surface area contributed by atoms with Crippen molar-refractivity contribution >= 4 is 29.3 Å². The zero-order chi connectivity index (χ0) is 22.0. The maximum Gasteiger partial charge on any atom is 0.433 e. The number of nitrogens with one attached hydrogen (secondary N) is 1. The number of halogens is 3. The van der Waals surface area contributed by atoms with Crippen LogP contribution in [0.1, 0.15) is 47.9 Å². The Labute approximate surface area is 181 Å². The Balaban J connectivity index is 1.54. The van der Waals surface area contributed by atoms with Crippen molar-refractivity contribution in [1.29, 1.82) is 0 Å². The van der Waals surface area contributed by atoms with Crippen LogP contribution in [-0.2, 0) is 11.0 Å². The molecule has 1 fully saturated rings. The van der Waals surface area contributed by atoms with Gasteiger partial charge in [-0.15, -0.1) is 11.3 Å². The third kappa shape index (κ3) is 5.10. The normalized spacial score (nSPS) is 19.2. The minimum Gasteiger partial charge on any atom is -0.324 e. The lowest BCUT2D eigenvalue weighted by Crippen LogP contribution is -2.13. The number of aryl methyl sites for hydroxylation is 1. The summed E-state index contributed by atoms with van der Waals surface area (Å²) in [5.41, 5.74) is 1.50. The third-order valence-electron chi connectivity index (χ3n) is 5.40. The first-order chi connectivity index (χ1) is 14.8. The lowest BCUT2D eigenvalue weighted by atomic mass is 9.83. The SMILES string of the molecule is Cc1cc(Nc2nccc(C(F)(F)F)n2)cc(-c2cnc(C3CCC(C=O)CC3)s2)c1. The molecule has 2 heterocycles. The fourth-order valence-corrected chi connectivity index (χ4v) is 4.89. The van der Waals surface area contributed by atoms with Gasteiger partial charge in [0.05, 0.1) is 9.88 Å². The van der Waals surface area contributed by atoms with Gasteiger partial charge in [-0.25, -0.2) is 15.0 Å². The molecule has 0 radical (unpaired) electrons. The van der Waals surface area contributed by atoms with Crippen LogP contribution in [0.25, 0.3) is 10.4 Å². The molecule has 1 saturated carbocycles. The molecule has 4 rings (SSSR count). The molecule has 0 unspecified atom stereocenters. The summed E-state index contributed by atoms with van der Waals surface area (Å²) in [6.45, 7) is 1.92. The van der Waals surface area contributed by atoms with E-state index in [0.29, 0.717) is 11.6 Å². The van der Waals surface area contributed by atoms with Crippen molar-refractivity contribution in [3.05, 3.63) is 52.9 Å². The van der Waals surface area contributed by atoms with Crippen LogP contribution >= 0.6 is 11.3 Å². The van der Waals surface area contributed by atoms with Crippen LogP contribution in [-0.4, -0.2) is 21.2 Å². The van der Waals surface area contributed by atoms with E-state index in [1.165, 1.54) is 0 Å². The van der Waals surface area contributed by atoms with Crippen molar-refractivity contribution in [1.82, 2.24) is 15.0 Å². The van der Waals surface area contributed by atoms with Crippen LogP contribution in [0.15, 0.2) is 36.7 Å². The van der Waals surface area contributed by atoms with Crippen LogP contribution in [0.5, 0.6) is 0 Å². The summed E-state index contributed by atoms with van der Waals surface area (Å²) < 4.78 is 38.7. The first kappa shape index (κ1) is 21.4. The molecule has 0 atom stereocenters. The molecule has 0 bridgehead atoms. The molecular weight excluding hydrogens is 425 g/mol. The van der Waals surface area contributed by atoms with E-state index in [9.17, 15) is 18.0 Å². The number of nitrogens with zero attached hydrogens (tertiary/aromatic N) is 3. The number of hydrogen-bond acceptors (Lipinski definition) is 6. The Morgan fingerprint density at radius 2 is 1.90 bits per heavy atom. The van der Waals surface area contributed by atoms with Gasteiger partial charge in [-0.3, -0.25) is 0 Å². The average molecular weight is 446 g/mol. The van der Waals surface area contributed by atoms with Gasteiger partial charge in [-0.1, -0.05) is 6.07 Å². The van der Waals surface area contributed by atoms with E-state index in [1.807, 2.05) is 31.3 Å². The van der Waals surface area contributed by atoms with Crippen LogP contribution in [0.3, 0.4) is 0 Å². The Bertz CT molecular complexity index is 1070. The van der Waals surface area contributed by atoms with E-state index in [4.69, 9.17) is 0 Å². The summed E-state index contributed by atoms with van der Waals surface area (Å²) in [4.78, 5) is 24.0. The van der Waals surface area contributed by atoms with Crippen molar-refractivity contribution in [3.63, 3.8) is 0 Å². The van der Waals surface area contributed by atoms with E-state index in [1.54, 1.807) is 11.3 Å². The van der Waals surface area contributed by atoms with Crippen LogP contribution in [0.2, 0.25) is 0 Å². The van der Waals surface area contributed by atoms with Crippen LogP contribution in [0.4, 0.5) is 24.8 Å². The number of carbonyl (C=O) groups is 1. The number of aldehydes is 1.